The van der Waals surface area contributed by atoms with Crippen LogP contribution in [0.5, 0.6) is 0 Å². The fraction of sp³-hybridized carbons (Fsp3) is 0.625. The Morgan fingerprint density at radius 2 is 1.89 bits per heavy atom. The van der Waals surface area contributed by atoms with E-state index in [9.17, 15) is 0 Å². The van der Waals surface area contributed by atoms with Crippen molar-refractivity contribution in [2.75, 3.05) is 6.61 Å². The third kappa shape index (κ3) is 4.48. The predicted molar refractivity (Wildman–Crippen MR) is 90.4 cm³/mol. The lowest BCUT2D eigenvalue weighted by molar-refractivity contribution is 0.338. The zero-order chi connectivity index (χ0) is 14.5. The van der Waals surface area contributed by atoms with Crippen molar-refractivity contribution in [2.24, 2.45) is 0 Å². The summed E-state index contributed by atoms with van der Waals surface area (Å²) < 4.78 is 5.96. The van der Waals surface area contributed by atoms with E-state index in [1.165, 1.54) is 23.7 Å². The second kappa shape index (κ2) is 6.74. The van der Waals surface area contributed by atoms with Crippen LogP contribution in [-0.4, -0.2) is 23.0 Å². The summed E-state index contributed by atoms with van der Waals surface area (Å²) in [4.78, 5) is 0. The molecule has 0 saturated heterocycles. The van der Waals surface area contributed by atoms with E-state index in [0.717, 1.165) is 11.6 Å². The molecule has 3 heteroatoms. The summed E-state index contributed by atoms with van der Waals surface area (Å²) in [5, 5.41) is 0. The molecule has 0 radical (unpaired) electrons. The molecule has 0 N–H and O–H groups in total. The van der Waals surface area contributed by atoms with E-state index in [4.69, 9.17) is 4.43 Å². The first kappa shape index (κ1) is 16.5. The largest absolute Gasteiger partial charge is 0.413 e. The Labute approximate surface area is 121 Å². The number of rotatable bonds is 4. The van der Waals surface area contributed by atoms with Gasteiger partial charge in [0.1, 0.15) is 8.07 Å². The van der Waals surface area contributed by atoms with E-state index in [1.54, 1.807) is 0 Å². The standard InChI is InChI=1S/C16H28OSi2/c1-7-19(8-2,9-3)13-10-15(4)16-11-12-18(5,6)17-14-16/h11H,4,7-9,12,14H2,1-3,5-6H3. The van der Waals surface area contributed by atoms with Crippen LogP contribution in [0.3, 0.4) is 0 Å². The minimum Gasteiger partial charge on any atom is -0.413 e. The summed E-state index contributed by atoms with van der Waals surface area (Å²) >= 11 is 0. The Kier molecular flexibility index (Phi) is 5.85. The summed E-state index contributed by atoms with van der Waals surface area (Å²) in [6.07, 6.45) is 2.31. The van der Waals surface area contributed by atoms with Crippen LogP contribution < -0.4 is 0 Å². The highest BCUT2D eigenvalue weighted by molar-refractivity contribution is 6.87. The number of allylic oxidation sites excluding steroid dienone is 1. The average molecular weight is 293 g/mol. The van der Waals surface area contributed by atoms with Crippen molar-refractivity contribution < 1.29 is 4.43 Å². The molecule has 1 heterocycles. The molecule has 1 nitrogen and oxygen atoms in total. The van der Waals surface area contributed by atoms with E-state index in [0.29, 0.717) is 6.61 Å². The first-order valence-corrected chi connectivity index (χ1v) is 13.2. The summed E-state index contributed by atoms with van der Waals surface area (Å²) in [5.41, 5.74) is 5.80. The van der Waals surface area contributed by atoms with Crippen LogP contribution in [0.15, 0.2) is 23.8 Å². The number of hydrogen-bond acceptors (Lipinski definition) is 1. The molecule has 19 heavy (non-hydrogen) atoms. The van der Waals surface area contributed by atoms with Gasteiger partial charge in [0.2, 0.25) is 0 Å². The summed E-state index contributed by atoms with van der Waals surface area (Å²) in [5.74, 6) is 3.36. The molecule has 0 aromatic rings. The highest BCUT2D eigenvalue weighted by Gasteiger charge is 2.26. The van der Waals surface area contributed by atoms with Crippen molar-refractivity contribution in [1.29, 1.82) is 0 Å². The van der Waals surface area contributed by atoms with Gasteiger partial charge in [-0.1, -0.05) is 39.3 Å². The van der Waals surface area contributed by atoms with Gasteiger partial charge in [0.15, 0.2) is 8.32 Å². The Morgan fingerprint density at radius 3 is 2.32 bits per heavy atom. The van der Waals surface area contributed by atoms with Crippen LogP contribution in [0.25, 0.3) is 0 Å². The lowest BCUT2D eigenvalue weighted by Gasteiger charge is -2.27. The topological polar surface area (TPSA) is 9.23 Å². The Morgan fingerprint density at radius 1 is 1.32 bits per heavy atom. The third-order valence-electron chi connectivity index (χ3n) is 4.35. The maximum atomic E-state index is 5.96. The van der Waals surface area contributed by atoms with Crippen LogP contribution in [0.4, 0.5) is 0 Å². The molecular formula is C16H28OSi2. The van der Waals surface area contributed by atoms with Crippen molar-refractivity contribution in [1.82, 2.24) is 0 Å². The second-order valence-electron chi connectivity index (χ2n) is 6.05. The van der Waals surface area contributed by atoms with Gasteiger partial charge in [-0.3, -0.25) is 0 Å². The summed E-state index contributed by atoms with van der Waals surface area (Å²) in [6.45, 7) is 16.2. The molecule has 0 aromatic heterocycles. The van der Waals surface area contributed by atoms with Crippen molar-refractivity contribution >= 4 is 16.4 Å². The smallest absolute Gasteiger partial charge is 0.190 e. The molecular weight excluding hydrogens is 264 g/mol. The SMILES string of the molecule is C=C(C#C[Si](CC)(CC)CC)C1=CC[Si](C)(C)OC1. The van der Waals surface area contributed by atoms with Gasteiger partial charge >= 0.3 is 0 Å². The van der Waals surface area contributed by atoms with Crippen molar-refractivity contribution in [3.8, 4) is 11.5 Å². The first-order chi connectivity index (χ1) is 8.88. The van der Waals surface area contributed by atoms with E-state index in [-0.39, 0.29) is 0 Å². The van der Waals surface area contributed by atoms with Gasteiger partial charge in [0.05, 0.1) is 6.61 Å². The number of hydrogen-bond donors (Lipinski definition) is 0. The molecule has 1 rings (SSSR count). The monoisotopic (exact) mass is 292 g/mol. The van der Waals surface area contributed by atoms with Crippen LogP contribution >= 0.6 is 0 Å². The van der Waals surface area contributed by atoms with Gasteiger partial charge < -0.3 is 4.43 Å². The van der Waals surface area contributed by atoms with Crippen LogP contribution in [0, 0.1) is 11.5 Å². The van der Waals surface area contributed by atoms with Gasteiger partial charge in [-0.15, -0.1) is 5.54 Å². The quantitative estimate of drug-likeness (QED) is 0.536. The second-order valence-corrected chi connectivity index (χ2v) is 15.2. The molecule has 1 aliphatic heterocycles. The first-order valence-electron chi connectivity index (χ1n) is 7.43. The zero-order valence-electron chi connectivity index (χ0n) is 13.2. The maximum absolute atomic E-state index is 5.96. The zero-order valence-corrected chi connectivity index (χ0v) is 15.2. The van der Waals surface area contributed by atoms with Crippen LogP contribution in [-0.2, 0) is 4.43 Å². The lowest BCUT2D eigenvalue weighted by atomic mass is 10.1. The van der Waals surface area contributed by atoms with Gasteiger partial charge in [0, 0.05) is 5.57 Å². The molecule has 0 amide bonds. The molecule has 0 fully saturated rings. The fourth-order valence-corrected chi connectivity index (χ4v) is 6.12. The van der Waals surface area contributed by atoms with Crippen molar-refractivity contribution in [3.63, 3.8) is 0 Å². The van der Waals surface area contributed by atoms with Gasteiger partial charge in [0.25, 0.3) is 0 Å². The molecule has 0 spiro atoms. The van der Waals surface area contributed by atoms with E-state index in [1.807, 2.05) is 0 Å². The molecule has 0 unspecified atom stereocenters. The van der Waals surface area contributed by atoms with Gasteiger partial charge in [-0.2, -0.15) is 0 Å². The predicted octanol–water partition coefficient (Wildman–Crippen LogP) is 4.76. The normalized spacial score (nSPS) is 18.3. The van der Waals surface area contributed by atoms with Crippen LogP contribution in [0.1, 0.15) is 20.8 Å². The fourth-order valence-electron chi connectivity index (χ4n) is 2.27. The Hall–Kier alpha value is -0.566. The van der Waals surface area contributed by atoms with Gasteiger partial charge in [-0.25, -0.2) is 0 Å². The molecule has 0 saturated carbocycles. The lowest BCUT2D eigenvalue weighted by Crippen LogP contribution is -2.33. The highest BCUT2D eigenvalue weighted by atomic mass is 28.4. The minimum absolute atomic E-state index is 0.714. The van der Waals surface area contributed by atoms with E-state index in [2.05, 4.69) is 58.0 Å². The van der Waals surface area contributed by atoms with Crippen LogP contribution in [0.2, 0.25) is 37.3 Å². The molecule has 0 aliphatic carbocycles. The van der Waals surface area contributed by atoms with E-state index >= 15 is 0 Å². The maximum Gasteiger partial charge on any atom is 0.190 e. The Bertz CT molecular complexity index is 412. The molecule has 1 aliphatic rings. The molecule has 0 atom stereocenters. The minimum atomic E-state index is -1.42. The van der Waals surface area contributed by atoms with Crippen molar-refractivity contribution in [2.45, 2.75) is 58.0 Å². The average Bonchev–Trinajstić information content (AvgIpc) is 2.40. The molecule has 106 valence electrons. The summed E-state index contributed by atoms with van der Waals surface area (Å²) in [7, 11) is -2.77. The van der Waals surface area contributed by atoms with Crippen molar-refractivity contribution in [3.05, 3.63) is 23.8 Å². The third-order valence-corrected chi connectivity index (χ3v) is 11.2. The Balaban J connectivity index is 2.79. The van der Waals surface area contributed by atoms with Gasteiger partial charge in [-0.05, 0) is 42.8 Å². The highest BCUT2D eigenvalue weighted by Crippen LogP contribution is 2.24. The molecule has 0 aromatic carbocycles. The van der Waals surface area contributed by atoms with E-state index < -0.39 is 16.4 Å². The molecule has 0 bridgehead atoms. The summed E-state index contributed by atoms with van der Waals surface area (Å²) in [6, 6.07) is 4.82.